The number of carbonyl (C=O) groups excluding carboxylic acids is 1. The van der Waals surface area contributed by atoms with Crippen molar-refractivity contribution in [2.24, 2.45) is 0 Å². The molecule has 1 aromatic carbocycles. The Morgan fingerprint density at radius 3 is 2.85 bits per heavy atom. The highest BCUT2D eigenvalue weighted by Gasteiger charge is 2.16. The number of aliphatic hydroxyl groups is 1. The molecule has 1 fully saturated rings. The van der Waals surface area contributed by atoms with E-state index in [1.54, 1.807) is 11.1 Å². The second-order valence-corrected chi connectivity index (χ2v) is 6.50. The highest BCUT2D eigenvalue weighted by Crippen LogP contribution is 2.13. The average molecular weight is 373 g/mol. The van der Waals surface area contributed by atoms with Crippen LogP contribution in [0.1, 0.15) is 5.56 Å². The average Bonchev–Trinajstić information content (AvgIpc) is 3.19. The first-order chi connectivity index (χ1) is 13.2. The zero-order chi connectivity index (χ0) is 18.9. The van der Waals surface area contributed by atoms with Gasteiger partial charge in [-0.2, -0.15) is 5.10 Å². The second-order valence-electron chi connectivity index (χ2n) is 6.50. The summed E-state index contributed by atoms with van der Waals surface area (Å²) in [6, 6.07) is 9.41. The van der Waals surface area contributed by atoms with Gasteiger partial charge < -0.3 is 20.1 Å². The standard InChI is InChI=1S/C19H27N5O3/c25-12-9-23(8-7-22-10-13-27-14-11-22)19(26)21-18-4-1-3-17(15-18)16-24-6-2-5-20-24/h1-6,15,25H,7-14,16H2,(H,21,26). The number of urea groups is 1. The predicted molar refractivity (Wildman–Crippen MR) is 103 cm³/mol. The SMILES string of the molecule is O=C(Nc1cccc(Cn2cccn2)c1)N(CCO)CCN1CCOCC1. The van der Waals surface area contributed by atoms with Gasteiger partial charge in [-0.25, -0.2) is 4.79 Å². The number of rotatable bonds is 8. The van der Waals surface area contributed by atoms with Crippen LogP contribution in [0.2, 0.25) is 0 Å². The number of hydrogen-bond acceptors (Lipinski definition) is 5. The molecule has 146 valence electrons. The topological polar surface area (TPSA) is 82.9 Å². The second kappa shape index (κ2) is 10.1. The van der Waals surface area contributed by atoms with E-state index in [0.29, 0.717) is 19.6 Å². The molecular weight excluding hydrogens is 346 g/mol. The minimum Gasteiger partial charge on any atom is -0.395 e. The number of aliphatic hydroxyl groups excluding tert-OH is 1. The molecule has 2 amide bonds. The highest BCUT2D eigenvalue weighted by molar-refractivity contribution is 5.89. The number of anilines is 1. The predicted octanol–water partition coefficient (Wildman–Crippen LogP) is 1.09. The van der Waals surface area contributed by atoms with E-state index in [0.717, 1.165) is 44.1 Å². The van der Waals surface area contributed by atoms with Gasteiger partial charge >= 0.3 is 6.03 Å². The molecule has 1 aromatic heterocycles. The number of carbonyl (C=O) groups is 1. The molecule has 8 heteroatoms. The number of amides is 2. The van der Waals surface area contributed by atoms with E-state index in [2.05, 4.69) is 15.3 Å². The van der Waals surface area contributed by atoms with Crippen molar-refractivity contribution in [2.75, 3.05) is 57.9 Å². The van der Waals surface area contributed by atoms with Gasteiger partial charge in [-0.1, -0.05) is 12.1 Å². The Bertz CT molecular complexity index is 701. The van der Waals surface area contributed by atoms with Gasteiger partial charge in [-0.15, -0.1) is 0 Å². The third-order valence-corrected chi connectivity index (χ3v) is 4.53. The molecular formula is C19H27N5O3. The number of nitrogens with one attached hydrogen (secondary N) is 1. The van der Waals surface area contributed by atoms with Gasteiger partial charge in [0.2, 0.25) is 0 Å². The van der Waals surface area contributed by atoms with Crippen molar-refractivity contribution in [3.05, 3.63) is 48.3 Å². The van der Waals surface area contributed by atoms with Gasteiger partial charge in [0.05, 0.1) is 26.4 Å². The molecule has 2 heterocycles. The molecule has 1 saturated heterocycles. The van der Waals surface area contributed by atoms with Gasteiger partial charge in [-0.3, -0.25) is 9.58 Å². The Kier molecular flexibility index (Phi) is 7.20. The lowest BCUT2D eigenvalue weighted by Gasteiger charge is -2.30. The molecule has 0 aliphatic carbocycles. The molecule has 0 atom stereocenters. The highest BCUT2D eigenvalue weighted by atomic mass is 16.5. The molecule has 0 bridgehead atoms. The minimum atomic E-state index is -0.200. The van der Waals surface area contributed by atoms with Gasteiger partial charge in [0, 0.05) is 50.8 Å². The molecule has 1 aliphatic rings. The van der Waals surface area contributed by atoms with Crippen LogP contribution in [0.25, 0.3) is 0 Å². The number of nitrogens with zero attached hydrogens (tertiary/aromatic N) is 4. The van der Waals surface area contributed by atoms with Crippen molar-refractivity contribution >= 4 is 11.7 Å². The Balaban J connectivity index is 1.55. The Morgan fingerprint density at radius 2 is 2.11 bits per heavy atom. The normalized spacial score (nSPS) is 14.9. The lowest BCUT2D eigenvalue weighted by molar-refractivity contribution is 0.0346. The van der Waals surface area contributed by atoms with E-state index < -0.39 is 0 Å². The zero-order valence-electron chi connectivity index (χ0n) is 15.5. The smallest absolute Gasteiger partial charge is 0.321 e. The third kappa shape index (κ3) is 6.06. The van der Waals surface area contributed by atoms with E-state index in [1.165, 1.54) is 0 Å². The summed E-state index contributed by atoms with van der Waals surface area (Å²) in [5, 5.41) is 16.5. The molecule has 0 radical (unpaired) electrons. The van der Waals surface area contributed by atoms with E-state index in [4.69, 9.17) is 4.74 Å². The van der Waals surface area contributed by atoms with Crippen LogP contribution >= 0.6 is 0 Å². The van der Waals surface area contributed by atoms with Crippen molar-refractivity contribution in [3.63, 3.8) is 0 Å². The largest absolute Gasteiger partial charge is 0.395 e. The molecule has 1 aliphatic heterocycles. The lowest BCUT2D eigenvalue weighted by atomic mass is 10.2. The molecule has 0 spiro atoms. The summed E-state index contributed by atoms with van der Waals surface area (Å²) in [6.07, 6.45) is 3.65. The summed E-state index contributed by atoms with van der Waals surface area (Å²) in [5.41, 5.74) is 1.79. The molecule has 3 rings (SSSR count). The van der Waals surface area contributed by atoms with Crippen LogP contribution in [-0.4, -0.2) is 83.3 Å². The van der Waals surface area contributed by atoms with Crippen LogP contribution in [0, 0.1) is 0 Å². The Labute approximate surface area is 159 Å². The summed E-state index contributed by atoms with van der Waals surface area (Å²) in [6.45, 7) is 5.46. The number of aromatic nitrogens is 2. The third-order valence-electron chi connectivity index (χ3n) is 4.53. The van der Waals surface area contributed by atoms with Crippen LogP contribution < -0.4 is 5.32 Å². The van der Waals surface area contributed by atoms with Gasteiger partial charge in [-0.05, 0) is 23.8 Å². The monoisotopic (exact) mass is 373 g/mol. The molecule has 0 saturated carbocycles. The maximum absolute atomic E-state index is 12.6. The van der Waals surface area contributed by atoms with E-state index in [9.17, 15) is 9.90 Å². The Morgan fingerprint density at radius 1 is 1.26 bits per heavy atom. The van der Waals surface area contributed by atoms with Crippen molar-refractivity contribution in [1.82, 2.24) is 19.6 Å². The van der Waals surface area contributed by atoms with Crippen molar-refractivity contribution in [3.8, 4) is 0 Å². The van der Waals surface area contributed by atoms with E-state index in [1.807, 2.05) is 41.2 Å². The maximum atomic E-state index is 12.6. The van der Waals surface area contributed by atoms with Crippen LogP contribution in [-0.2, 0) is 11.3 Å². The molecule has 2 aromatic rings. The fourth-order valence-electron chi connectivity index (χ4n) is 3.05. The molecule has 27 heavy (non-hydrogen) atoms. The number of hydrogen-bond donors (Lipinski definition) is 2. The maximum Gasteiger partial charge on any atom is 0.321 e. The van der Waals surface area contributed by atoms with Gasteiger partial charge in [0.25, 0.3) is 0 Å². The fraction of sp³-hybridized carbons (Fsp3) is 0.474. The first-order valence-electron chi connectivity index (χ1n) is 9.28. The van der Waals surface area contributed by atoms with Crippen molar-refractivity contribution < 1.29 is 14.6 Å². The van der Waals surface area contributed by atoms with Crippen LogP contribution in [0.4, 0.5) is 10.5 Å². The molecule has 2 N–H and O–H groups in total. The summed E-state index contributed by atoms with van der Waals surface area (Å²) < 4.78 is 7.18. The van der Waals surface area contributed by atoms with Gasteiger partial charge in [0.15, 0.2) is 0 Å². The summed E-state index contributed by atoms with van der Waals surface area (Å²) in [4.78, 5) is 16.6. The molecule has 8 nitrogen and oxygen atoms in total. The first kappa shape index (κ1) is 19.3. The first-order valence-corrected chi connectivity index (χ1v) is 9.28. The van der Waals surface area contributed by atoms with Crippen molar-refractivity contribution in [2.45, 2.75) is 6.54 Å². The van der Waals surface area contributed by atoms with Crippen LogP contribution in [0.5, 0.6) is 0 Å². The van der Waals surface area contributed by atoms with Crippen LogP contribution in [0.15, 0.2) is 42.7 Å². The lowest BCUT2D eigenvalue weighted by Crippen LogP contribution is -2.45. The van der Waals surface area contributed by atoms with Gasteiger partial charge in [0.1, 0.15) is 0 Å². The van der Waals surface area contributed by atoms with E-state index in [-0.39, 0.29) is 12.6 Å². The number of benzene rings is 1. The molecule has 0 unspecified atom stereocenters. The van der Waals surface area contributed by atoms with Crippen molar-refractivity contribution in [1.29, 1.82) is 0 Å². The zero-order valence-corrected chi connectivity index (χ0v) is 15.5. The minimum absolute atomic E-state index is 0.0597. The van der Waals surface area contributed by atoms with Crippen LogP contribution in [0.3, 0.4) is 0 Å². The summed E-state index contributed by atoms with van der Waals surface area (Å²) in [7, 11) is 0. The van der Waals surface area contributed by atoms with E-state index >= 15 is 0 Å². The summed E-state index contributed by atoms with van der Waals surface area (Å²) >= 11 is 0. The number of morpholine rings is 1. The quantitative estimate of drug-likeness (QED) is 0.724. The fourth-order valence-corrected chi connectivity index (χ4v) is 3.05. The summed E-state index contributed by atoms with van der Waals surface area (Å²) in [5.74, 6) is 0. The number of ether oxygens (including phenoxy) is 1. The Hall–Kier alpha value is -2.42.